The van der Waals surface area contributed by atoms with E-state index in [0.29, 0.717) is 10.0 Å². The largest absolute Gasteiger partial charge is 0.464 e. The van der Waals surface area contributed by atoms with Crippen LogP contribution in [0.15, 0.2) is 41.6 Å². The van der Waals surface area contributed by atoms with E-state index in [1.54, 1.807) is 18.3 Å². The lowest BCUT2D eigenvalue weighted by Crippen LogP contribution is -2.06. The molecule has 6 heteroatoms. The molecule has 0 N–H and O–H groups in total. The Morgan fingerprint density at radius 3 is 2.58 bits per heavy atom. The van der Waals surface area contributed by atoms with E-state index in [1.807, 2.05) is 12.1 Å². The average molecular weight is 297 g/mol. The summed E-state index contributed by atoms with van der Waals surface area (Å²) in [4.78, 5) is 11.5. The Morgan fingerprint density at radius 2 is 1.95 bits per heavy atom. The summed E-state index contributed by atoms with van der Waals surface area (Å²) in [5.74, 6) is -0.500. The zero-order chi connectivity index (χ0) is 13.8. The maximum atomic E-state index is 11.5. The van der Waals surface area contributed by atoms with Crippen LogP contribution in [0, 0.1) is 0 Å². The summed E-state index contributed by atoms with van der Waals surface area (Å²) in [5, 5.41) is 5.22. The number of benzene rings is 1. The van der Waals surface area contributed by atoms with Gasteiger partial charge in [0.1, 0.15) is 0 Å². The summed E-state index contributed by atoms with van der Waals surface area (Å²) in [7, 11) is 1.30. The van der Waals surface area contributed by atoms with Crippen LogP contribution >= 0.6 is 23.2 Å². The fourth-order valence-corrected chi connectivity index (χ4v) is 1.77. The van der Waals surface area contributed by atoms with Crippen molar-refractivity contribution in [3.63, 3.8) is 0 Å². The number of aromatic nitrogens is 1. The minimum absolute atomic E-state index is 0.262. The van der Waals surface area contributed by atoms with Crippen molar-refractivity contribution in [2.75, 3.05) is 7.11 Å². The third-order valence-electron chi connectivity index (χ3n) is 2.36. The van der Waals surface area contributed by atoms with Gasteiger partial charge in [0.25, 0.3) is 0 Å². The highest BCUT2D eigenvalue weighted by Gasteiger charge is 2.12. The molecule has 1 heterocycles. The zero-order valence-electron chi connectivity index (χ0n) is 10.0. The summed E-state index contributed by atoms with van der Waals surface area (Å²) < 4.78 is 6.01. The van der Waals surface area contributed by atoms with Crippen molar-refractivity contribution in [2.24, 2.45) is 5.10 Å². The van der Waals surface area contributed by atoms with Crippen LogP contribution in [-0.4, -0.2) is 24.0 Å². The minimum atomic E-state index is -0.500. The van der Waals surface area contributed by atoms with Crippen molar-refractivity contribution in [3.05, 3.63) is 57.8 Å². The Hall–Kier alpha value is -1.78. The SMILES string of the molecule is COC(=O)c1cc(Cl)cn1/N=C/c1ccc(Cl)cc1. The van der Waals surface area contributed by atoms with Crippen LogP contribution in [0.25, 0.3) is 0 Å². The summed E-state index contributed by atoms with van der Waals surface area (Å²) >= 11 is 11.6. The molecule has 2 aromatic rings. The molecule has 2 rings (SSSR count). The Labute approximate surface area is 120 Å². The Morgan fingerprint density at radius 1 is 1.26 bits per heavy atom. The second-order valence-corrected chi connectivity index (χ2v) is 4.55. The van der Waals surface area contributed by atoms with Crippen LogP contribution in [0.5, 0.6) is 0 Å². The maximum Gasteiger partial charge on any atom is 0.356 e. The Bertz CT molecular complexity index is 618. The number of ether oxygens (including phenoxy) is 1. The molecule has 0 saturated carbocycles. The molecule has 98 valence electrons. The molecule has 4 nitrogen and oxygen atoms in total. The first-order chi connectivity index (χ1) is 9.10. The van der Waals surface area contributed by atoms with E-state index in [1.165, 1.54) is 24.0 Å². The number of hydrogen-bond acceptors (Lipinski definition) is 3. The first-order valence-electron chi connectivity index (χ1n) is 5.36. The third kappa shape index (κ3) is 3.36. The second-order valence-electron chi connectivity index (χ2n) is 3.68. The Kier molecular flexibility index (Phi) is 4.24. The number of carbonyl (C=O) groups excluding carboxylic acids is 1. The predicted molar refractivity (Wildman–Crippen MR) is 75.2 cm³/mol. The second kappa shape index (κ2) is 5.91. The third-order valence-corrected chi connectivity index (χ3v) is 2.82. The van der Waals surface area contributed by atoms with Crippen molar-refractivity contribution in [2.45, 2.75) is 0 Å². The molecule has 1 aromatic heterocycles. The summed E-state index contributed by atoms with van der Waals surface area (Å²) in [5.41, 5.74) is 1.11. The minimum Gasteiger partial charge on any atom is -0.464 e. The molecule has 0 atom stereocenters. The molecule has 0 spiro atoms. The van der Waals surface area contributed by atoms with Gasteiger partial charge in [0.2, 0.25) is 0 Å². The van der Waals surface area contributed by atoms with Gasteiger partial charge in [0.15, 0.2) is 5.69 Å². The van der Waals surface area contributed by atoms with E-state index < -0.39 is 5.97 Å². The standard InChI is InChI=1S/C13H10Cl2N2O2/c1-19-13(18)12-6-11(15)8-17(12)16-7-9-2-4-10(14)5-3-9/h2-8H,1H3/b16-7+. The number of rotatable bonds is 3. The molecule has 0 bridgehead atoms. The lowest BCUT2D eigenvalue weighted by Gasteiger charge is -2.00. The molecular formula is C13H10Cl2N2O2. The number of halogens is 2. The number of esters is 1. The average Bonchev–Trinajstić information content (AvgIpc) is 2.78. The van der Waals surface area contributed by atoms with Crippen LogP contribution in [0.1, 0.15) is 16.1 Å². The van der Waals surface area contributed by atoms with Crippen LogP contribution in [0.2, 0.25) is 10.0 Å². The molecule has 0 aliphatic rings. The van der Waals surface area contributed by atoms with Gasteiger partial charge < -0.3 is 4.74 Å². The van der Waals surface area contributed by atoms with Crippen LogP contribution in [0.4, 0.5) is 0 Å². The molecule has 0 aliphatic heterocycles. The first-order valence-corrected chi connectivity index (χ1v) is 6.12. The normalized spacial score (nSPS) is 10.9. The van der Waals surface area contributed by atoms with Crippen molar-refractivity contribution in [3.8, 4) is 0 Å². The van der Waals surface area contributed by atoms with Gasteiger partial charge in [-0.2, -0.15) is 5.10 Å². The molecule has 0 fully saturated rings. The molecule has 19 heavy (non-hydrogen) atoms. The topological polar surface area (TPSA) is 43.6 Å². The monoisotopic (exact) mass is 296 g/mol. The molecular weight excluding hydrogens is 287 g/mol. The number of carbonyl (C=O) groups is 1. The van der Waals surface area contributed by atoms with Crippen LogP contribution in [-0.2, 0) is 4.74 Å². The predicted octanol–water partition coefficient (Wildman–Crippen LogP) is 3.46. The van der Waals surface area contributed by atoms with Gasteiger partial charge in [0, 0.05) is 11.2 Å². The van der Waals surface area contributed by atoms with E-state index in [2.05, 4.69) is 9.84 Å². The molecule has 1 aromatic carbocycles. The van der Waals surface area contributed by atoms with Crippen molar-refractivity contribution < 1.29 is 9.53 Å². The zero-order valence-corrected chi connectivity index (χ0v) is 11.5. The van der Waals surface area contributed by atoms with Crippen molar-refractivity contribution in [1.29, 1.82) is 0 Å². The van der Waals surface area contributed by atoms with E-state index in [4.69, 9.17) is 23.2 Å². The highest BCUT2D eigenvalue weighted by molar-refractivity contribution is 6.31. The molecule has 0 aliphatic carbocycles. The number of methoxy groups -OCH3 is 1. The van der Waals surface area contributed by atoms with Gasteiger partial charge in [-0.1, -0.05) is 35.3 Å². The lowest BCUT2D eigenvalue weighted by atomic mass is 10.2. The van der Waals surface area contributed by atoms with Crippen LogP contribution < -0.4 is 0 Å². The highest BCUT2D eigenvalue weighted by atomic mass is 35.5. The summed E-state index contributed by atoms with van der Waals surface area (Å²) in [6.07, 6.45) is 3.12. The fourth-order valence-electron chi connectivity index (χ4n) is 1.45. The maximum absolute atomic E-state index is 11.5. The van der Waals surface area contributed by atoms with Crippen molar-refractivity contribution >= 4 is 35.4 Å². The van der Waals surface area contributed by atoms with Gasteiger partial charge in [-0.15, -0.1) is 0 Å². The van der Waals surface area contributed by atoms with Crippen LogP contribution in [0.3, 0.4) is 0 Å². The lowest BCUT2D eigenvalue weighted by molar-refractivity contribution is 0.0589. The smallest absolute Gasteiger partial charge is 0.356 e. The van der Waals surface area contributed by atoms with Gasteiger partial charge in [0.05, 0.1) is 18.3 Å². The molecule has 0 unspecified atom stereocenters. The van der Waals surface area contributed by atoms with E-state index >= 15 is 0 Å². The first kappa shape index (κ1) is 13.6. The van der Waals surface area contributed by atoms with E-state index in [9.17, 15) is 4.79 Å². The Balaban J connectivity index is 2.27. The quantitative estimate of drug-likeness (QED) is 0.643. The molecule has 0 radical (unpaired) electrons. The fraction of sp³-hybridized carbons (Fsp3) is 0.0769. The molecule has 0 saturated heterocycles. The van der Waals surface area contributed by atoms with E-state index in [-0.39, 0.29) is 5.69 Å². The highest BCUT2D eigenvalue weighted by Crippen LogP contribution is 2.15. The van der Waals surface area contributed by atoms with E-state index in [0.717, 1.165) is 5.56 Å². The van der Waals surface area contributed by atoms with Gasteiger partial charge in [-0.3, -0.25) is 0 Å². The number of nitrogens with zero attached hydrogens (tertiary/aromatic N) is 2. The van der Waals surface area contributed by atoms with Gasteiger partial charge in [-0.05, 0) is 23.8 Å². The number of hydrogen-bond donors (Lipinski definition) is 0. The van der Waals surface area contributed by atoms with Gasteiger partial charge >= 0.3 is 5.97 Å². The summed E-state index contributed by atoms with van der Waals surface area (Å²) in [6.45, 7) is 0. The van der Waals surface area contributed by atoms with Gasteiger partial charge in [-0.25, -0.2) is 9.47 Å². The summed E-state index contributed by atoms with van der Waals surface area (Å²) in [6, 6.07) is 8.63. The molecule has 0 amide bonds. The van der Waals surface area contributed by atoms with Crippen molar-refractivity contribution in [1.82, 2.24) is 4.68 Å².